The van der Waals surface area contributed by atoms with Gasteiger partial charge in [0.05, 0.1) is 73.4 Å². The number of anilines is 2. The molecule has 80 heavy (non-hydrogen) atoms. The Hall–Kier alpha value is -5.76. The molecular formula is C46H48Br2F2N10O18P2. The van der Waals surface area contributed by atoms with Crippen molar-refractivity contribution in [3.05, 3.63) is 80.8 Å². The fraction of sp³-hybridized carbons (Fsp3) is 0.478. The van der Waals surface area contributed by atoms with Crippen molar-refractivity contribution < 1.29 is 92.5 Å². The van der Waals surface area contributed by atoms with Crippen molar-refractivity contribution in [1.82, 2.24) is 39.0 Å². The number of benzene rings is 2. The Morgan fingerprint density at radius 1 is 0.675 bits per heavy atom. The van der Waals surface area contributed by atoms with Crippen molar-refractivity contribution in [3.63, 3.8) is 0 Å². The molecule has 6 saturated heterocycles. The van der Waals surface area contributed by atoms with E-state index < -0.39 is 99.9 Å². The first kappa shape index (κ1) is 56.1. The van der Waals surface area contributed by atoms with Crippen molar-refractivity contribution >= 4 is 94.0 Å². The smallest absolute Gasteiger partial charge is 0.476 e. The van der Waals surface area contributed by atoms with Gasteiger partial charge >= 0.3 is 28.0 Å². The molecule has 0 amide bonds. The number of rotatable bonds is 14. The van der Waals surface area contributed by atoms with E-state index in [-0.39, 0.29) is 70.3 Å². The third kappa shape index (κ3) is 10.6. The number of nitrogens with zero attached hydrogens (tertiary/aromatic N) is 8. The van der Waals surface area contributed by atoms with E-state index in [4.69, 9.17) is 76.5 Å². The third-order valence-corrected chi connectivity index (χ3v) is 17.7. The van der Waals surface area contributed by atoms with Gasteiger partial charge in [-0.3, -0.25) is 36.3 Å². The SMILES string of the molecule is CCOc1nc(N)nc2c1ncn2[C@@H]1O[C@H](CO[P@@]2(=O)OCC[C@@H](c3ccc(F)c(Br)c3)O2)[C@H]2OC(=O)O[C@]21C.CCOc1nc(N)nc2c1ncn2[C@@H]1O[C@H](CO[P@]2(=O)OCC[C@H](c3ccc(F)c(Br)c3)O2)[C@H]2OC(=O)O[C@]21C. The Kier molecular flexibility index (Phi) is 15.3. The van der Waals surface area contributed by atoms with Gasteiger partial charge in [0.2, 0.25) is 23.7 Å². The Morgan fingerprint density at radius 2 is 1.09 bits per heavy atom. The Morgan fingerprint density at radius 3 is 1.48 bits per heavy atom. The lowest BCUT2D eigenvalue weighted by Crippen LogP contribution is -2.42. The lowest BCUT2D eigenvalue weighted by Gasteiger charge is -2.30. The number of hydrogen-bond donors (Lipinski definition) is 2. The van der Waals surface area contributed by atoms with Crippen molar-refractivity contribution in [2.75, 3.05) is 51.1 Å². The summed E-state index contributed by atoms with van der Waals surface area (Å²) < 4.78 is 137. The second kappa shape index (κ2) is 21.9. The number of fused-ring (bicyclic) bond motifs is 4. The summed E-state index contributed by atoms with van der Waals surface area (Å²) in [7, 11) is -8.14. The molecule has 2 aromatic carbocycles. The normalized spacial score (nSPS) is 31.6. The number of nitrogen functional groups attached to an aromatic ring is 2. The van der Waals surface area contributed by atoms with Crippen LogP contribution in [0.25, 0.3) is 22.3 Å². The van der Waals surface area contributed by atoms with Gasteiger partial charge in [-0.25, -0.2) is 37.5 Å². The Bertz CT molecular complexity index is 3280. The number of ether oxygens (including phenoxy) is 8. The van der Waals surface area contributed by atoms with Crippen LogP contribution >= 0.6 is 47.5 Å². The molecule has 428 valence electrons. The minimum Gasteiger partial charge on any atom is -0.476 e. The van der Waals surface area contributed by atoms with Gasteiger partial charge in [-0.1, -0.05) is 12.1 Å². The highest BCUT2D eigenvalue weighted by molar-refractivity contribution is 9.10. The van der Waals surface area contributed by atoms with Crippen LogP contribution in [-0.4, -0.2) is 127 Å². The zero-order valence-electron chi connectivity index (χ0n) is 42.4. The number of nitrogens with two attached hydrogens (primary N) is 2. The topological polar surface area (TPSA) is 337 Å². The van der Waals surface area contributed by atoms with Crippen molar-refractivity contribution in [2.45, 2.75) is 101 Å². The first-order valence-corrected chi connectivity index (χ1v) is 29.1. The zero-order chi connectivity index (χ0) is 56.5. The fourth-order valence-electron chi connectivity index (χ4n) is 9.92. The van der Waals surface area contributed by atoms with Crippen LogP contribution in [0, 0.1) is 11.6 Å². The minimum atomic E-state index is -4.07. The highest BCUT2D eigenvalue weighted by Gasteiger charge is 2.66. The number of carbonyl (C=O) groups excluding carboxylic acids is 2. The molecule has 0 aliphatic carbocycles. The monoisotopic (exact) mass is 1290 g/mol. The summed E-state index contributed by atoms with van der Waals surface area (Å²) in [4.78, 5) is 49.9. The zero-order valence-corrected chi connectivity index (χ0v) is 47.3. The van der Waals surface area contributed by atoms with Crippen LogP contribution in [0.4, 0.5) is 30.3 Å². The maximum atomic E-state index is 13.7. The predicted octanol–water partition coefficient (Wildman–Crippen LogP) is 8.41. The second-order valence-electron chi connectivity index (χ2n) is 18.8. The molecule has 0 spiro atoms. The van der Waals surface area contributed by atoms with E-state index in [1.54, 1.807) is 39.8 Å². The van der Waals surface area contributed by atoms with E-state index in [2.05, 4.69) is 61.8 Å². The lowest BCUT2D eigenvalue weighted by molar-refractivity contribution is -0.0927. The van der Waals surface area contributed by atoms with Crippen LogP contribution in [0.3, 0.4) is 0 Å². The maximum absolute atomic E-state index is 13.7. The summed E-state index contributed by atoms with van der Waals surface area (Å²) in [6.45, 7) is 6.98. The summed E-state index contributed by atoms with van der Waals surface area (Å²) >= 11 is 6.29. The molecule has 12 atom stereocenters. The average molecular weight is 1290 g/mol. The van der Waals surface area contributed by atoms with E-state index in [1.807, 2.05) is 0 Å². The molecular weight excluding hydrogens is 1240 g/mol. The van der Waals surface area contributed by atoms with Crippen LogP contribution in [0.2, 0.25) is 0 Å². The van der Waals surface area contributed by atoms with Gasteiger partial charge in [-0.15, -0.1) is 0 Å². The fourth-order valence-corrected chi connectivity index (χ4v) is 13.5. The van der Waals surface area contributed by atoms with Gasteiger partial charge < -0.3 is 49.4 Å². The quantitative estimate of drug-likeness (QED) is 0.0763. The molecule has 6 aliphatic rings. The molecule has 28 nitrogen and oxygen atoms in total. The standard InChI is InChI=1S/2C23H24BrFN5O9P/c2*1-3-33-19-16-18(28-21(26)29-19)30(10-27-16)20-23(2)17(37-22(31)38-23)15(36-20)9-35-40(32)34-7-6-14(39-40)11-4-5-13(25)12(24)8-11/h2*4-5,8,10,14-15,17,20H,3,6-7,9H2,1-2H3,(H2,26,28,29)/t14-,15+,17+,20+,23+,40+;14-,15-,17-,20-,23-,40+/m01/s1. The number of phosphoric acid groups is 2. The molecule has 6 aromatic rings. The van der Waals surface area contributed by atoms with E-state index in [1.165, 1.54) is 46.1 Å². The minimum absolute atomic E-state index is 0.0515. The van der Waals surface area contributed by atoms with Gasteiger partial charge in [0.1, 0.15) is 23.8 Å². The summed E-state index contributed by atoms with van der Waals surface area (Å²) in [6.07, 6.45) is -5.25. The van der Waals surface area contributed by atoms with Crippen molar-refractivity contribution in [1.29, 1.82) is 0 Å². The predicted molar refractivity (Wildman–Crippen MR) is 273 cm³/mol. The number of carbonyl (C=O) groups is 2. The molecule has 4 N–H and O–H groups in total. The molecule has 0 radical (unpaired) electrons. The molecule has 34 heteroatoms. The molecule has 6 aliphatic heterocycles. The van der Waals surface area contributed by atoms with E-state index >= 15 is 0 Å². The van der Waals surface area contributed by atoms with Crippen LogP contribution < -0.4 is 20.9 Å². The maximum Gasteiger partial charge on any atom is 0.509 e. The van der Waals surface area contributed by atoms with Gasteiger partial charge in [0, 0.05) is 12.8 Å². The molecule has 10 heterocycles. The van der Waals surface area contributed by atoms with Crippen LogP contribution in [0.1, 0.15) is 76.3 Å². The van der Waals surface area contributed by atoms with Crippen molar-refractivity contribution in [3.8, 4) is 11.8 Å². The van der Waals surface area contributed by atoms with Crippen LogP contribution in [0.15, 0.2) is 58.0 Å². The number of aromatic nitrogens is 8. The summed E-state index contributed by atoms with van der Waals surface area (Å²) in [5, 5.41) is 0. The molecule has 0 bridgehead atoms. The Labute approximate surface area is 468 Å². The summed E-state index contributed by atoms with van der Waals surface area (Å²) in [5.41, 5.74) is 11.5. The Balaban J connectivity index is 0.000000169. The number of phosphoric ester groups is 2. The number of imidazole rings is 2. The van der Waals surface area contributed by atoms with Crippen LogP contribution in [-0.2, 0) is 64.7 Å². The molecule has 0 unspecified atom stereocenters. The number of hydrogen-bond acceptors (Lipinski definition) is 26. The second-order valence-corrected chi connectivity index (χ2v) is 23.7. The summed E-state index contributed by atoms with van der Waals surface area (Å²) in [6, 6.07) is 8.72. The summed E-state index contributed by atoms with van der Waals surface area (Å²) in [5.74, 6) is -0.596. The third-order valence-electron chi connectivity index (χ3n) is 13.5. The van der Waals surface area contributed by atoms with Gasteiger partial charge in [-0.2, -0.15) is 19.9 Å². The molecule has 0 saturated carbocycles. The van der Waals surface area contributed by atoms with Crippen molar-refractivity contribution in [2.24, 2.45) is 0 Å². The largest absolute Gasteiger partial charge is 0.509 e. The van der Waals surface area contributed by atoms with E-state index in [0.717, 1.165) is 0 Å². The highest BCUT2D eigenvalue weighted by Crippen LogP contribution is 2.60. The van der Waals surface area contributed by atoms with Gasteiger partial charge in [-0.05, 0) is 94.9 Å². The lowest BCUT2D eigenvalue weighted by atomic mass is 9.96. The van der Waals surface area contributed by atoms with E-state index in [0.29, 0.717) is 48.2 Å². The highest BCUT2D eigenvalue weighted by atomic mass is 79.9. The van der Waals surface area contributed by atoms with E-state index in [9.17, 15) is 27.5 Å². The van der Waals surface area contributed by atoms with Crippen LogP contribution in [0.5, 0.6) is 11.8 Å². The molecule has 4 aromatic heterocycles. The van der Waals surface area contributed by atoms with Gasteiger partial charge in [0.15, 0.2) is 58.2 Å². The first-order valence-electron chi connectivity index (χ1n) is 24.6. The molecule has 6 fully saturated rings. The van der Waals surface area contributed by atoms with Gasteiger partial charge in [0.25, 0.3) is 0 Å². The number of halogens is 4. The average Bonchev–Trinajstić information content (AvgIpc) is 4.43. The molecule has 12 rings (SSSR count). The first-order chi connectivity index (χ1) is 38.2.